The van der Waals surface area contributed by atoms with Gasteiger partial charge in [0, 0.05) is 12.5 Å². The summed E-state index contributed by atoms with van der Waals surface area (Å²) < 4.78 is 9.87. The molecule has 6 heteroatoms. The van der Waals surface area contributed by atoms with E-state index < -0.39 is 5.97 Å². The lowest BCUT2D eigenvalue weighted by atomic mass is 10.1. The molecule has 0 bridgehead atoms. The van der Waals surface area contributed by atoms with Gasteiger partial charge in [-0.25, -0.2) is 4.79 Å². The Hall–Kier alpha value is -3.28. The summed E-state index contributed by atoms with van der Waals surface area (Å²) >= 11 is 0. The van der Waals surface area contributed by atoms with Crippen LogP contribution in [0.3, 0.4) is 0 Å². The Balaban J connectivity index is 1.83. The van der Waals surface area contributed by atoms with Crippen LogP contribution >= 0.6 is 0 Å². The van der Waals surface area contributed by atoms with Crippen molar-refractivity contribution in [2.45, 2.75) is 6.42 Å². The summed E-state index contributed by atoms with van der Waals surface area (Å²) in [6, 6.07) is 10.9. The Morgan fingerprint density at radius 1 is 1.08 bits per heavy atom. The van der Waals surface area contributed by atoms with E-state index in [2.05, 4.69) is 0 Å². The van der Waals surface area contributed by atoms with Crippen LogP contribution in [0.1, 0.15) is 11.1 Å². The van der Waals surface area contributed by atoms with Crippen LogP contribution in [0.15, 0.2) is 48.5 Å². The van der Waals surface area contributed by atoms with E-state index in [1.54, 1.807) is 24.3 Å². The zero-order valence-corrected chi connectivity index (χ0v) is 13.6. The van der Waals surface area contributed by atoms with E-state index in [9.17, 15) is 19.8 Å². The van der Waals surface area contributed by atoms with E-state index in [4.69, 9.17) is 9.47 Å². The summed E-state index contributed by atoms with van der Waals surface area (Å²) in [7, 11) is 1.42. The SMILES string of the molecule is COc1cc(CC(=O)COC(=O)/C=C/c2ccc(O)cc2)ccc1O. The molecule has 0 atom stereocenters. The Morgan fingerprint density at radius 3 is 2.48 bits per heavy atom. The van der Waals surface area contributed by atoms with Crippen molar-refractivity contribution in [1.82, 2.24) is 0 Å². The van der Waals surface area contributed by atoms with E-state index in [0.29, 0.717) is 5.56 Å². The van der Waals surface area contributed by atoms with E-state index in [-0.39, 0.29) is 36.1 Å². The fraction of sp³-hybridized carbons (Fsp3) is 0.158. The van der Waals surface area contributed by atoms with Crippen LogP contribution in [0.4, 0.5) is 0 Å². The minimum Gasteiger partial charge on any atom is -0.508 e. The normalized spacial score (nSPS) is 10.6. The maximum absolute atomic E-state index is 11.9. The molecule has 0 aliphatic rings. The topological polar surface area (TPSA) is 93.1 Å². The van der Waals surface area contributed by atoms with E-state index >= 15 is 0 Å². The lowest BCUT2D eigenvalue weighted by molar-refractivity contribution is -0.142. The molecule has 0 fully saturated rings. The number of esters is 1. The van der Waals surface area contributed by atoms with Gasteiger partial charge in [-0.1, -0.05) is 18.2 Å². The van der Waals surface area contributed by atoms with Gasteiger partial charge in [0.1, 0.15) is 5.75 Å². The van der Waals surface area contributed by atoms with Gasteiger partial charge in [0.05, 0.1) is 7.11 Å². The number of hydrogen-bond donors (Lipinski definition) is 2. The zero-order chi connectivity index (χ0) is 18.2. The number of hydrogen-bond acceptors (Lipinski definition) is 6. The fourth-order valence-electron chi connectivity index (χ4n) is 2.06. The molecule has 0 spiro atoms. The predicted octanol–water partition coefficient (Wildman–Crippen LogP) is 2.47. The number of rotatable bonds is 7. The number of phenols is 2. The molecule has 0 amide bonds. The highest BCUT2D eigenvalue weighted by Gasteiger charge is 2.09. The van der Waals surface area contributed by atoms with E-state index in [0.717, 1.165) is 5.56 Å². The molecule has 0 aliphatic carbocycles. The minimum atomic E-state index is -0.635. The van der Waals surface area contributed by atoms with Gasteiger partial charge in [0.15, 0.2) is 23.9 Å². The van der Waals surface area contributed by atoms with Gasteiger partial charge in [-0.15, -0.1) is 0 Å². The number of carbonyl (C=O) groups excluding carboxylic acids is 2. The number of aromatic hydroxyl groups is 2. The van der Waals surface area contributed by atoms with Crippen molar-refractivity contribution >= 4 is 17.8 Å². The van der Waals surface area contributed by atoms with Gasteiger partial charge in [0.25, 0.3) is 0 Å². The number of ketones is 1. The minimum absolute atomic E-state index is 0.00973. The molecular formula is C19H18O6. The first-order valence-corrected chi connectivity index (χ1v) is 7.49. The average Bonchev–Trinajstić information content (AvgIpc) is 2.61. The molecular weight excluding hydrogens is 324 g/mol. The molecule has 2 N–H and O–H groups in total. The van der Waals surface area contributed by atoms with Crippen LogP contribution in [0.25, 0.3) is 6.08 Å². The van der Waals surface area contributed by atoms with Crippen LogP contribution in [-0.2, 0) is 20.7 Å². The average molecular weight is 342 g/mol. The molecule has 130 valence electrons. The quantitative estimate of drug-likeness (QED) is 0.593. The van der Waals surface area contributed by atoms with Crippen LogP contribution in [0.2, 0.25) is 0 Å². The van der Waals surface area contributed by atoms with Gasteiger partial charge >= 0.3 is 5.97 Å². The molecule has 0 aliphatic heterocycles. The van der Waals surface area contributed by atoms with Gasteiger partial charge in [0.2, 0.25) is 0 Å². The second kappa shape index (κ2) is 8.54. The molecule has 0 saturated heterocycles. The zero-order valence-electron chi connectivity index (χ0n) is 13.6. The number of phenolic OH excluding ortho intramolecular Hbond substituents is 2. The van der Waals surface area contributed by atoms with Gasteiger partial charge in [-0.3, -0.25) is 4.79 Å². The van der Waals surface area contributed by atoms with Crippen LogP contribution in [0.5, 0.6) is 17.2 Å². The predicted molar refractivity (Wildman–Crippen MR) is 91.5 cm³/mol. The fourth-order valence-corrected chi connectivity index (χ4v) is 2.06. The Morgan fingerprint density at radius 2 is 1.80 bits per heavy atom. The summed E-state index contributed by atoms with van der Waals surface area (Å²) in [6.45, 7) is -0.345. The molecule has 6 nitrogen and oxygen atoms in total. The van der Waals surface area contributed by atoms with E-state index in [1.807, 2.05) is 0 Å². The van der Waals surface area contributed by atoms with Gasteiger partial charge in [-0.2, -0.15) is 0 Å². The lowest BCUT2D eigenvalue weighted by Gasteiger charge is -2.06. The first-order chi connectivity index (χ1) is 12.0. The van der Waals surface area contributed by atoms with Crippen molar-refractivity contribution < 1.29 is 29.3 Å². The van der Waals surface area contributed by atoms with Crippen molar-refractivity contribution in [2.75, 3.05) is 13.7 Å². The number of methoxy groups -OCH3 is 1. The molecule has 0 unspecified atom stereocenters. The van der Waals surface area contributed by atoms with Crippen molar-refractivity contribution in [3.63, 3.8) is 0 Å². The van der Waals surface area contributed by atoms with Crippen molar-refractivity contribution in [1.29, 1.82) is 0 Å². The Kier molecular flexibility index (Phi) is 6.17. The number of benzene rings is 2. The molecule has 0 aromatic heterocycles. The summed E-state index contributed by atoms with van der Waals surface area (Å²) in [4.78, 5) is 23.5. The molecule has 2 rings (SSSR count). The van der Waals surface area contributed by atoms with Crippen molar-refractivity contribution in [3.8, 4) is 17.2 Å². The van der Waals surface area contributed by atoms with Gasteiger partial charge in [-0.05, 0) is 41.5 Å². The summed E-state index contributed by atoms with van der Waals surface area (Å²) in [5, 5.41) is 18.7. The molecule has 0 radical (unpaired) electrons. The molecule has 25 heavy (non-hydrogen) atoms. The summed E-state index contributed by atoms with van der Waals surface area (Å²) in [5.41, 5.74) is 1.37. The molecule has 0 saturated carbocycles. The third-order valence-electron chi connectivity index (χ3n) is 3.33. The van der Waals surface area contributed by atoms with Crippen LogP contribution in [-0.4, -0.2) is 35.7 Å². The number of Topliss-reactive ketones (excluding diaryl/α,β-unsaturated/α-hetero) is 1. The van der Waals surface area contributed by atoms with Crippen molar-refractivity contribution in [3.05, 3.63) is 59.7 Å². The smallest absolute Gasteiger partial charge is 0.331 e. The first-order valence-electron chi connectivity index (χ1n) is 7.49. The second-order valence-corrected chi connectivity index (χ2v) is 5.25. The summed E-state index contributed by atoms with van der Waals surface area (Å²) in [6.07, 6.45) is 2.80. The number of carbonyl (C=O) groups is 2. The Labute approximate surface area is 144 Å². The highest BCUT2D eigenvalue weighted by Crippen LogP contribution is 2.26. The molecule has 2 aromatic rings. The third-order valence-corrected chi connectivity index (χ3v) is 3.33. The van der Waals surface area contributed by atoms with Crippen LogP contribution < -0.4 is 4.74 Å². The number of ether oxygens (including phenoxy) is 2. The molecule has 0 heterocycles. The first kappa shape index (κ1) is 18.1. The highest BCUT2D eigenvalue weighted by molar-refractivity contribution is 5.90. The largest absolute Gasteiger partial charge is 0.508 e. The highest BCUT2D eigenvalue weighted by atomic mass is 16.5. The lowest BCUT2D eigenvalue weighted by Crippen LogP contribution is -2.14. The standard InChI is InChI=1S/C19H18O6/c1-24-18-11-14(4-8-17(18)22)10-16(21)12-25-19(23)9-5-13-2-6-15(20)7-3-13/h2-9,11,20,22H,10,12H2,1H3/b9-5+. The van der Waals surface area contributed by atoms with Crippen LogP contribution in [0, 0.1) is 0 Å². The van der Waals surface area contributed by atoms with Gasteiger partial charge < -0.3 is 19.7 Å². The monoisotopic (exact) mass is 342 g/mol. The van der Waals surface area contributed by atoms with E-state index in [1.165, 1.54) is 37.5 Å². The summed E-state index contributed by atoms with van der Waals surface area (Å²) in [5.74, 6) is -0.511. The third kappa shape index (κ3) is 5.69. The maximum Gasteiger partial charge on any atom is 0.331 e. The molecule has 2 aromatic carbocycles. The maximum atomic E-state index is 11.9. The van der Waals surface area contributed by atoms with Crippen molar-refractivity contribution in [2.24, 2.45) is 0 Å². The Bertz CT molecular complexity index is 777. The second-order valence-electron chi connectivity index (χ2n) is 5.25.